The van der Waals surface area contributed by atoms with Gasteiger partial charge in [0.05, 0.1) is 0 Å². The van der Waals surface area contributed by atoms with Crippen LogP contribution in [0.1, 0.15) is 18.5 Å². The molecule has 3 aromatic rings. The Labute approximate surface area is 138 Å². The molecule has 0 bridgehead atoms. The zero-order valence-electron chi connectivity index (χ0n) is 12.5. The van der Waals surface area contributed by atoms with Crippen LogP contribution in [0.4, 0.5) is 5.69 Å². The van der Waals surface area contributed by atoms with Gasteiger partial charge in [0.2, 0.25) is 0 Å². The maximum absolute atomic E-state index is 12.8. The standard InChI is InChI=1S/C18H15ClN2O2/c1-11(22)17(12-5-7-13(19)8-6-12)21-10-9-14-15(18(21)23)3-2-4-16(14)20/h2-10,17H,20H2,1H3. The van der Waals surface area contributed by atoms with Gasteiger partial charge in [0.15, 0.2) is 5.78 Å². The summed E-state index contributed by atoms with van der Waals surface area (Å²) in [5, 5.41) is 1.76. The van der Waals surface area contributed by atoms with Crippen molar-refractivity contribution in [3.63, 3.8) is 0 Å². The number of fused-ring (bicyclic) bond motifs is 1. The third-order valence-corrected chi connectivity index (χ3v) is 4.11. The fourth-order valence-electron chi connectivity index (χ4n) is 2.76. The third kappa shape index (κ3) is 2.73. The Morgan fingerprint density at radius 2 is 1.78 bits per heavy atom. The van der Waals surface area contributed by atoms with E-state index >= 15 is 0 Å². The smallest absolute Gasteiger partial charge is 0.259 e. The first-order chi connectivity index (χ1) is 11.0. The SMILES string of the molecule is CC(=O)C(c1ccc(Cl)cc1)n1ccc2c(N)cccc2c1=O. The summed E-state index contributed by atoms with van der Waals surface area (Å²) in [5.41, 5.74) is 6.92. The Hall–Kier alpha value is -2.59. The Bertz CT molecular complexity index is 945. The fraction of sp³-hybridized carbons (Fsp3) is 0.111. The normalized spacial score (nSPS) is 12.3. The van der Waals surface area contributed by atoms with E-state index in [1.165, 1.54) is 11.5 Å². The number of rotatable bonds is 3. The van der Waals surface area contributed by atoms with E-state index < -0.39 is 6.04 Å². The van der Waals surface area contributed by atoms with Crippen molar-refractivity contribution in [1.29, 1.82) is 0 Å². The highest BCUT2D eigenvalue weighted by Crippen LogP contribution is 2.23. The van der Waals surface area contributed by atoms with Gasteiger partial charge < -0.3 is 10.3 Å². The monoisotopic (exact) mass is 326 g/mol. The molecule has 1 aromatic heterocycles. The number of anilines is 1. The zero-order chi connectivity index (χ0) is 16.6. The number of nitrogens with two attached hydrogens (primary N) is 1. The van der Waals surface area contributed by atoms with Gasteiger partial charge in [-0.15, -0.1) is 0 Å². The van der Waals surface area contributed by atoms with Crippen molar-refractivity contribution >= 4 is 33.8 Å². The molecular weight excluding hydrogens is 312 g/mol. The molecule has 5 heteroatoms. The predicted octanol–water partition coefficient (Wildman–Crippen LogP) is 3.42. The summed E-state index contributed by atoms with van der Waals surface area (Å²) in [7, 11) is 0. The number of hydrogen-bond acceptors (Lipinski definition) is 3. The van der Waals surface area contributed by atoms with Gasteiger partial charge in [0, 0.05) is 27.7 Å². The van der Waals surface area contributed by atoms with E-state index in [9.17, 15) is 9.59 Å². The number of carbonyl (C=O) groups is 1. The Morgan fingerprint density at radius 3 is 2.43 bits per heavy atom. The molecule has 0 spiro atoms. The van der Waals surface area contributed by atoms with Crippen molar-refractivity contribution in [2.75, 3.05) is 5.73 Å². The van der Waals surface area contributed by atoms with Crippen molar-refractivity contribution in [2.24, 2.45) is 0 Å². The second-order valence-electron chi connectivity index (χ2n) is 5.40. The Kier molecular flexibility index (Phi) is 3.92. The second-order valence-corrected chi connectivity index (χ2v) is 5.84. The molecule has 0 saturated heterocycles. The number of aromatic nitrogens is 1. The van der Waals surface area contributed by atoms with E-state index in [0.717, 1.165) is 0 Å². The highest BCUT2D eigenvalue weighted by atomic mass is 35.5. The van der Waals surface area contributed by atoms with Gasteiger partial charge in [-0.25, -0.2) is 0 Å². The molecule has 0 aliphatic carbocycles. The van der Waals surface area contributed by atoms with Gasteiger partial charge in [-0.05, 0) is 42.8 Å². The zero-order valence-corrected chi connectivity index (χ0v) is 13.2. The van der Waals surface area contributed by atoms with Crippen LogP contribution in [-0.4, -0.2) is 10.4 Å². The molecule has 4 nitrogen and oxygen atoms in total. The minimum absolute atomic E-state index is 0.127. The van der Waals surface area contributed by atoms with Crippen LogP contribution in [0.3, 0.4) is 0 Å². The maximum atomic E-state index is 12.8. The van der Waals surface area contributed by atoms with Gasteiger partial charge in [-0.2, -0.15) is 0 Å². The first-order valence-corrected chi connectivity index (χ1v) is 7.52. The fourth-order valence-corrected chi connectivity index (χ4v) is 2.88. The van der Waals surface area contributed by atoms with E-state index in [1.807, 2.05) is 0 Å². The molecular formula is C18H15ClN2O2. The van der Waals surface area contributed by atoms with Crippen molar-refractivity contribution in [1.82, 2.24) is 4.57 Å². The number of hydrogen-bond donors (Lipinski definition) is 1. The number of benzene rings is 2. The summed E-state index contributed by atoms with van der Waals surface area (Å²) >= 11 is 5.90. The number of halogens is 1. The van der Waals surface area contributed by atoms with E-state index in [1.54, 1.807) is 54.7 Å². The molecule has 2 N–H and O–H groups in total. The van der Waals surface area contributed by atoms with E-state index in [2.05, 4.69) is 0 Å². The van der Waals surface area contributed by atoms with Crippen LogP contribution < -0.4 is 11.3 Å². The molecule has 0 saturated carbocycles. The summed E-state index contributed by atoms with van der Waals surface area (Å²) in [5.74, 6) is -0.127. The lowest BCUT2D eigenvalue weighted by Crippen LogP contribution is -2.29. The highest BCUT2D eigenvalue weighted by Gasteiger charge is 2.21. The predicted molar refractivity (Wildman–Crippen MR) is 92.9 cm³/mol. The maximum Gasteiger partial charge on any atom is 0.259 e. The van der Waals surface area contributed by atoms with Crippen molar-refractivity contribution < 1.29 is 4.79 Å². The van der Waals surface area contributed by atoms with Gasteiger partial charge in [0.25, 0.3) is 5.56 Å². The molecule has 1 heterocycles. The second kappa shape index (κ2) is 5.89. The molecule has 0 amide bonds. The lowest BCUT2D eigenvalue weighted by Gasteiger charge is -2.18. The summed E-state index contributed by atoms with van der Waals surface area (Å²) in [6.45, 7) is 1.47. The van der Waals surface area contributed by atoms with Crippen LogP contribution in [-0.2, 0) is 4.79 Å². The lowest BCUT2D eigenvalue weighted by molar-refractivity contribution is -0.119. The van der Waals surface area contributed by atoms with E-state index in [-0.39, 0.29) is 11.3 Å². The van der Waals surface area contributed by atoms with Crippen LogP contribution in [0, 0.1) is 0 Å². The minimum Gasteiger partial charge on any atom is -0.398 e. The molecule has 2 aromatic carbocycles. The average molecular weight is 327 g/mol. The van der Waals surface area contributed by atoms with Gasteiger partial charge >= 0.3 is 0 Å². The van der Waals surface area contributed by atoms with Gasteiger partial charge in [0.1, 0.15) is 6.04 Å². The van der Waals surface area contributed by atoms with Gasteiger partial charge in [-0.1, -0.05) is 29.8 Å². The molecule has 0 aliphatic heterocycles. The number of Topliss-reactive ketones (excluding diaryl/α,β-unsaturated/α-hetero) is 1. The molecule has 0 fully saturated rings. The lowest BCUT2D eigenvalue weighted by atomic mass is 10.0. The summed E-state index contributed by atoms with van der Waals surface area (Å²) in [6.07, 6.45) is 1.61. The first-order valence-electron chi connectivity index (χ1n) is 7.14. The number of nitrogen functional groups attached to an aromatic ring is 1. The summed E-state index contributed by atoms with van der Waals surface area (Å²) in [6, 6.07) is 13.2. The molecule has 0 aliphatic rings. The molecule has 23 heavy (non-hydrogen) atoms. The van der Waals surface area contributed by atoms with Crippen LogP contribution in [0.15, 0.2) is 59.5 Å². The molecule has 1 atom stereocenters. The first kappa shape index (κ1) is 15.3. The average Bonchev–Trinajstić information content (AvgIpc) is 2.52. The van der Waals surface area contributed by atoms with E-state index in [0.29, 0.717) is 27.0 Å². The van der Waals surface area contributed by atoms with Crippen LogP contribution in [0.2, 0.25) is 5.02 Å². The number of ketones is 1. The van der Waals surface area contributed by atoms with E-state index in [4.69, 9.17) is 17.3 Å². The quantitative estimate of drug-likeness (QED) is 0.750. The molecule has 116 valence electrons. The molecule has 0 radical (unpaired) electrons. The van der Waals surface area contributed by atoms with Crippen molar-refractivity contribution in [3.05, 3.63) is 75.7 Å². The molecule has 3 rings (SSSR count). The number of nitrogens with zero attached hydrogens (tertiary/aromatic N) is 1. The Balaban J connectivity index is 2.23. The minimum atomic E-state index is -0.689. The Morgan fingerprint density at radius 1 is 1.09 bits per heavy atom. The summed E-state index contributed by atoms with van der Waals surface area (Å²) in [4.78, 5) is 25.0. The topological polar surface area (TPSA) is 65.1 Å². The summed E-state index contributed by atoms with van der Waals surface area (Å²) < 4.78 is 1.44. The third-order valence-electron chi connectivity index (χ3n) is 3.86. The van der Waals surface area contributed by atoms with Gasteiger partial charge in [-0.3, -0.25) is 9.59 Å². The van der Waals surface area contributed by atoms with Crippen LogP contribution >= 0.6 is 11.6 Å². The largest absolute Gasteiger partial charge is 0.398 e. The van der Waals surface area contributed by atoms with Crippen LogP contribution in [0.25, 0.3) is 10.8 Å². The van der Waals surface area contributed by atoms with Crippen molar-refractivity contribution in [2.45, 2.75) is 13.0 Å². The number of pyridine rings is 1. The highest BCUT2D eigenvalue weighted by molar-refractivity contribution is 6.30. The van der Waals surface area contributed by atoms with Crippen molar-refractivity contribution in [3.8, 4) is 0 Å². The molecule has 1 unspecified atom stereocenters. The number of carbonyl (C=O) groups excluding carboxylic acids is 1. The van der Waals surface area contributed by atoms with Crippen LogP contribution in [0.5, 0.6) is 0 Å².